The molecule has 3 aliphatic rings. The molecule has 5 heteroatoms. The van der Waals surface area contributed by atoms with Gasteiger partial charge in [0.05, 0.1) is 0 Å². The maximum atomic E-state index is 4.58. The molecular formula is C20H39N5. The van der Waals surface area contributed by atoms with Gasteiger partial charge in [-0.3, -0.25) is 9.89 Å². The molecule has 2 atom stereocenters. The number of hydrogen-bond acceptors (Lipinski definition) is 3. The minimum absolute atomic E-state index is 0.747. The fourth-order valence-electron chi connectivity index (χ4n) is 4.91. The van der Waals surface area contributed by atoms with Gasteiger partial charge in [-0.15, -0.1) is 0 Å². The fraction of sp³-hybridized carbons (Fsp3) is 0.950. The van der Waals surface area contributed by atoms with Gasteiger partial charge in [0, 0.05) is 45.8 Å². The summed E-state index contributed by atoms with van der Waals surface area (Å²) < 4.78 is 0. The number of likely N-dealkylation sites (tertiary alicyclic amines) is 3. The molecule has 2 unspecified atom stereocenters. The summed E-state index contributed by atoms with van der Waals surface area (Å²) in [6.07, 6.45) is 6.77. The van der Waals surface area contributed by atoms with E-state index in [0.717, 1.165) is 43.5 Å². The zero-order chi connectivity index (χ0) is 17.6. The van der Waals surface area contributed by atoms with Gasteiger partial charge in [-0.05, 0) is 63.6 Å². The van der Waals surface area contributed by atoms with Crippen LogP contribution in [0.1, 0.15) is 46.0 Å². The van der Waals surface area contributed by atoms with Gasteiger partial charge < -0.3 is 15.1 Å². The lowest BCUT2D eigenvalue weighted by atomic mass is 9.97. The van der Waals surface area contributed by atoms with E-state index in [1.807, 2.05) is 7.05 Å². The maximum absolute atomic E-state index is 4.58. The summed E-state index contributed by atoms with van der Waals surface area (Å²) in [6.45, 7) is 14.4. The highest BCUT2D eigenvalue weighted by Gasteiger charge is 2.31. The van der Waals surface area contributed by atoms with E-state index in [0.29, 0.717) is 0 Å². The Morgan fingerprint density at radius 1 is 1.04 bits per heavy atom. The number of aliphatic imine (C=N–C) groups is 1. The Balaban J connectivity index is 1.43. The minimum Gasteiger partial charge on any atom is -0.356 e. The molecular weight excluding hydrogens is 310 g/mol. The molecule has 3 rings (SSSR count). The Kier molecular flexibility index (Phi) is 7.00. The van der Waals surface area contributed by atoms with E-state index < -0.39 is 0 Å². The molecule has 0 amide bonds. The largest absolute Gasteiger partial charge is 0.356 e. The number of guanidine groups is 1. The topological polar surface area (TPSA) is 34.1 Å². The van der Waals surface area contributed by atoms with Crippen molar-refractivity contribution in [3.8, 4) is 0 Å². The monoisotopic (exact) mass is 349 g/mol. The molecule has 3 saturated heterocycles. The van der Waals surface area contributed by atoms with Crippen molar-refractivity contribution in [2.24, 2.45) is 16.8 Å². The second-order valence-electron chi connectivity index (χ2n) is 8.72. The third kappa shape index (κ3) is 5.33. The van der Waals surface area contributed by atoms with Crippen LogP contribution in [-0.2, 0) is 0 Å². The highest BCUT2D eigenvalue weighted by molar-refractivity contribution is 5.80. The molecule has 0 aliphatic carbocycles. The Morgan fingerprint density at radius 2 is 1.84 bits per heavy atom. The Labute approximate surface area is 154 Å². The van der Waals surface area contributed by atoms with E-state index in [1.54, 1.807) is 0 Å². The predicted molar refractivity (Wildman–Crippen MR) is 106 cm³/mol. The van der Waals surface area contributed by atoms with Crippen LogP contribution < -0.4 is 5.32 Å². The van der Waals surface area contributed by atoms with Crippen LogP contribution in [0.4, 0.5) is 0 Å². The number of rotatable bonds is 5. The van der Waals surface area contributed by atoms with Crippen LogP contribution in [0.25, 0.3) is 0 Å². The smallest absolute Gasteiger partial charge is 0.193 e. The minimum atomic E-state index is 0.747. The number of piperidine rings is 1. The molecule has 0 radical (unpaired) electrons. The van der Waals surface area contributed by atoms with Crippen molar-refractivity contribution in [1.82, 2.24) is 20.0 Å². The van der Waals surface area contributed by atoms with Crippen molar-refractivity contribution in [3.63, 3.8) is 0 Å². The van der Waals surface area contributed by atoms with Crippen LogP contribution in [0.2, 0.25) is 0 Å². The van der Waals surface area contributed by atoms with E-state index in [1.165, 1.54) is 64.8 Å². The first-order valence-electron chi connectivity index (χ1n) is 10.6. The van der Waals surface area contributed by atoms with Gasteiger partial charge in [0.15, 0.2) is 5.96 Å². The fourth-order valence-corrected chi connectivity index (χ4v) is 4.91. The summed E-state index contributed by atoms with van der Waals surface area (Å²) in [5.41, 5.74) is 0. The van der Waals surface area contributed by atoms with Crippen molar-refractivity contribution >= 4 is 5.96 Å². The van der Waals surface area contributed by atoms with Crippen molar-refractivity contribution in [1.29, 1.82) is 0 Å². The average molecular weight is 350 g/mol. The third-order valence-electron chi connectivity index (χ3n) is 6.11. The third-order valence-corrected chi connectivity index (χ3v) is 6.11. The van der Waals surface area contributed by atoms with Crippen molar-refractivity contribution in [2.75, 3.05) is 59.4 Å². The molecule has 0 aromatic rings. The van der Waals surface area contributed by atoms with E-state index >= 15 is 0 Å². The van der Waals surface area contributed by atoms with E-state index in [2.05, 4.69) is 38.9 Å². The first kappa shape index (κ1) is 19.0. The molecule has 3 fully saturated rings. The summed E-state index contributed by atoms with van der Waals surface area (Å²) in [5.74, 6) is 2.66. The molecule has 0 bridgehead atoms. The molecule has 0 aromatic carbocycles. The summed E-state index contributed by atoms with van der Waals surface area (Å²) in [7, 11) is 1.94. The summed E-state index contributed by atoms with van der Waals surface area (Å²) >= 11 is 0. The molecule has 1 N–H and O–H groups in total. The van der Waals surface area contributed by atoms with Gasteiger partial charge >= 0.3 is 0 Å². The molecule has 3 aliphatic heterocycles. The van der Waals surface area contributed by atoms with E-state index in [-0.39, 0.29) is 0 Å². The zero-order valence-electron chi connectivity index (χ0n) is 16.7. The SMILES string of the molecule is CN=C(NCC1CCCN(CC(C)C)C1)N1CCC(N2CCCC2)C1. The molecule has 3 heterocycles. The van der Waals surface area contributed by atoms with Gasteiger partial charge in [0.1, 0.15) is 0 Å². The summed E-state index contributed by atoms with van der Waals surface area (Å²) in [4.78, 5) is 12.4. The highest BCUT2D eigenvalue weighted by Crippen LogP contribution is 2.21. The van der Waals surface area contributed by atoms with Gasteiger partial charge in [-0.1, -0.05) is 13.8 Å². The van der Waals surface area contributed by atoms with Crippen molar-refractivity contribution in [3.05, 3.63) is 0 Å². The van der Waals surface area contributed by atoms with Crippen molar-refractivity contribution < 1.29 is 0 Å². The standard InChI is InChI=1S/C20H39N5/c1-17(2)14-23-9-6-7-18(15-23)13-22-20(21-3)25-12-8-19(16-25)24-10-4-5-11-24/h17-19H,4-16H2,1-3H3,(H,21,22). The van der Waals surface area contributed by atoms with Gasteiger partial charge in [-0.2, -0.15) is 0 Å². The molecule has 5 nitrogen and oxygen atoms in total. The molecule has 0 saturated carbocycles. The molecule has 0 spiro atoms. The lowest BCUT2D eigenvalue weighted by Crippen LogP contribution is -2.46. The first-order valence-corrected chi connectivity index (χ1v) is 10.6. The average Bonchev–Trinajstić information content (AvgIpc) is 3.27. The lowest BCUT2D eigenvalue weighted by molar-refractivity contribution is 0.159. The molecule has 0 aromatic heterocycles. The number of nitrogens with zero attached hydrogens (tertiary/aromatic N) is 4. The van der Waals surface area contributed by atoms with Crippen molar-refractivity contribution in [2.45, 2.75) is 52.0 Å². The number of hydrogen-bond donors (Lipinski definition) is 1. The first-order chi connectivity index (χ1) is 12.2. The normalized spacial score (nSPS) is 29.8. The Bertz CT molecular complexity index is 430. The summed E-state index contributed by atoms with van der Waals surface area (Å²) in [6, 6.07) is 0.747. The van der Waals surface area contributed by atoms with Crippen LogP contribution in [-0.4, -0.2) is 86.1 Å². The molecule has 25 heavy (non-hydrogen) atoms. The molecule has 144 valence electrons. The quantitative estimate of drug-likeness (QED) is 0.609. The van der Waals surface area contributed by atoms with Gasteiger partial charge in [-0.25, -0.2) is 0 Å². The number of nitrogens with one attached hydrogen (secondary N) is 1. The maximum Gasteiger partial charge on any atom is 0.193 e. The zero-order valence-corrected chi connectivity index (χ0v) is 16.7. The van der Waals surface area contributed by atoms with Gasteiger partial charge in [0.2, 0.25) is 0 Å². The summed E-state index contributed by atoms with van der Waals surface area (Å²) in [5, 5.41) is 3.70. The van der Waals surface area contributed by atoms with Crippen LogP contribution in [0, 0.1) is 11.8 Å². The van der Waals surface area contributed by atoms with E-state index in [4.69, 9.17) is 0 Å². The second kappa shape index (κ2) is 9.22. The van der Waals surface area contributed by atoms with Crippen LogP contribution in [0.5, 0.6) is 0 Å². The van der Waals surface area contributed by atoms with Gasteiger partial charge in [0.25, 0.3) is 0 Å². The van der Waals surface area contributed by atoms with Crippen LogP contribution in [0.3, 0.4) is 0 Å². The van der Waals surface area contributed by atoms with E-state index in [9.17, 15) is 0 Å². The lowest BCUT2D eigenvalue weighted by Gasteiger charge is -2.34. The van der Waals surface area contributed by atoms with Crippen LogP contribution in [0.15, 0.2) is 4.99 Å². The van der Waals surface area contributed by atoms with Crippen LogP contribution >= 0.6 is 0 Å². The predicted octanol–water partition coefficient (Wildman–Crippen LogP) is 2.10. The Hall–Kier alpha value is -0.810. The Morgan fingerprint density at radius 3 is 2.56 bits per heavy atom. The second-order valence-corrected chi connectivity index (χ2v) is 8.72. The highest BCUT2D eigenvalue weighted by atomic mass is 15.3.